The van der Waals surface area contributed by atoms with Crippen LogP contribution in [0.1, 0.15) is 49.2 Å². The van der Waals surface area contributed by atoms with Crippen LogP contribution in [0.3, 0.4) is 0 Å². The van der Waals surface area contributed by atoms with Crippen molar-refractivity contribution in [3.63, 3.8) is 0 Å². The molecule has 1 aromatic rings. The van der Waals surface area contributed by atoms with E-state index in [0.717, 1.165) is 37.1 Å². The number of piperidine rings is 1. The summed E-state index contributed by atoms with van der Waals surface area (Å²) in [5.41, 5.74) is 7.51. The molecule has 1 amide bonds. The van der Waals surface area contributed by atoms with E-state index >= 15 is 0 Å². The van der Waals surface area contributed by atoms with Gasteiger partial charge in [-0.3, -0.25) is 9.48 Å². The molecule has 0 aromatic carbocycles. The standard InChI is InChI=1S/C15H26N4O/c1-4-11-6-7-19(12(8-11)9-16)15(20)13-10-18(3)17-14(13)5-2/h10-12H,4-9,16H2,1-3H3. The molecule has 2 heterocycles. The third-order valence-electron chi connectivity index (χ3n) is 4.41. The summed E-state index contributed by atoms with van der Waals surface area (Å²) in [5, 5.41) is 4.36. The van der Waals surface area contributed by atoms with E-state index in [0.29, 0.717) is 12.5 Å². The summed E-state index contributed by atoms with van der Waals surface area (Å²) in [4.78, 5) is 14.7. The van der Waals surface area contributed by atoms with Crippen molar-refractivity contribution in [2.75, 3.05) is 13.1 Å². The smallest absolute Gasteiger partial charge is 0.257 e. The molecule has 112 valence electrons. The Morgan fingerprint density at radius 1 is 1.50 bits per heavy atom. The second-order valence-electron chi connectivity index (χ2n) is 5.70. The molecule has 0 bridgehead atoms. The Kier molecular flexibility index (Phi) is 4.81. The molecule has 1 aliphatic rings. The van der Waals surface area contributed by atoms with E-state index < -0.39 is 0 Å². The first kappa shape index (κ1) is 15.0. The fourth-order valence-electron chi connectivity index (χ4n) is 3.12. The van der Waals surface area contributed by atoms with Gasteiger partial charge in [-0.05, 0) is 25.2 Å². The Morgan fingerprint density at radius 2 is 2.25 bits per heavy atom. The van der Waals surface area contributed by atoms with Crippen LogP contribution in [0.15, 0.2) is 6.20 Å². The van der Waals surface area contributed by atoms with Crippen LogP contribution in [0.25, 0.3) is 0 Å². The molecule has 2 rings (SSSR count). The number of hydrogen-bond donors (Lipinski definition) is 1. The molecule has 1 aliphatic heterocycles. The zero-order chi connectivity index (χ0) is 14.7. The van der Waals surface area contributed by atoms with Crippen LogP contribution in [0, 0.1) is 5.92 Å². The third kappa shape index (κ3) is 2.87. The summed E-state index contributed by atoms with van der Waals surface area (Å²) in [7, 11) is 1.86. The first-order valence-electron chi connectivity index (χ1n) is 7.64. The van der Waals surface area contributed by atoms with Crippen LogP contribution in [-0.2, 0) is 13.5 Å². The molecule has 0 radical (unpaired) electrons. The summed E-state index contributed by atoms with van der Waals surface area (Å²) < 4.78 is 1.72. The monoisotopic (exact) mass is 278 g/mol. The maximum Gasteiger partial charge on any atom is 0.257 e. The molecule has 1 aromatic heterocycles. The average molecular weight is 278 g/mol. The minimum atomic E-state index is 0.0972. The minimum Gasteiger partial charge on any atom is -0.334 e. The lowest BCUT2D eigenvalue weighted by molar-refractivity contribution is 0.0557. The molecule has 1 fully saturated rings. The van der Waals surface area contributed by atoms with Crippen molar-refractivity contribution < 1.29 is 4.79 Å². The molecule has 0 aliphatic carbocycles. The second-order valence-corrected chi connectivity index (χ2v) is 5.70. The maximum absolute atomic E-state index is 12.8. The number of carbonyl (C=O) groups is 1. The summed E-state index contributed by atoms with van der Waals surface area (Å²) in [5.74, 6) is 0.798. The topological polar surface area (TPSA) is 64.2 Å². The van der Waals surface area contributed by atoms with E-state index in [1.165, 1.54) is 6.42 Å². The number of likely N-dealkylation sites (tertiary alicyclic amines) is 1. The Hall–Kier alpha value is -1.36. The van der Waals surface area contributed by atoms with Gasteiger partial charge in [0.15, 0.2) is 0 Å². The first-order chi connectivity index (χ1) is 9.60. The normalized spacial score (nSPS) is 23.1. The van der Waals surface area contributed by atoms with Gasteiger partial charge in [-0.25, -0.2) is 0 Å². The molecule has 0 spiro atoms. The third-order valence-corrected chi connectivity index (χ3v) is 4.41. The van der Waals surface area contributed by atoms with Gasteiger partial charge in [-0.15, -0.1) is 0 Å². The summed E-state index contributed by atoms with van der Waals surface area (Å²) in [6, 6.07) is 0.172. The number of aromatic nitrogens is 2. The SMILES string of the molecule is CCc1nn(C)cc1C(=O)N1CCC(CC)CC1CN. The van der Waals surface area contributed by atoms with Crippen molar-refractivity contribution in [1.82, 2.24) is 14.7 Å². The van der Waals surface area contributed by atoms with Gasteiger partial charge in [0.25, 0.3) is 5.91 Å². The average Bonchev–Trinajstić information content (AvgIpc) is 2.86. The molecule has 1 saturated heterocycles. The van der Waals surface area contributed by atoms with E-state index in [1.54, 1.807) is 4.68 Å². The van der Waals surface area contributed by atoms with Crippen LogP contribution in [-0.4, -0.2) is 39.7 Å². The highest BCUT2D eigenvalue weighted by Gasteiger charge is 2.32. The van der Waals surface area contributed by atoms with E-state index in [9.17, 15) is 4.79 Å². The molecular formula is C15H26N4O. The zero-order valence-electron chi connectivity index (χ0n) is 12.8. The number of rotatable bonds is 4. The fourth-order valence-corrected chi connectivity index (χ4v) is 3.12. The lowest BCUT2D eigenvalue weighted by Gasteiger charge is -2.38. The van der Waals surface area contributed by atoms with E-state index in [1.807, 2.05) is 25.1 Å². The van der Waals surface area contributed by atoms with Crippen molar-refractivity contribution >= 4 is 5.91 Å². The van der Waals surface area contributed by atoms with E-state index in [2.05, 4.69) is 12.0 Å². The summed E-state index contributed by atoms with van der Waals surface area (Å²) >= 11 is 0. The predicted molar refractivity (Wildman–Crippen MR) is 79.5 cm³/mol. The van der Waals surface area contributed by atoms with E-state index in [-0.39, 0.29) is 11.9 Å². The van der Waals surface area contributed by atoms with Gasteiger partial charge in [-0.1, -0.05) is 20.3 Å². The van der Waals surface area contributed by atoms with Gasteiger partial charge in [-0.2, -0.15) is 5.10 Å². The Bertz CT molecular complexity index is 468. The Labute approximate surface area is 121 Å². The molecule has 2 unspecified atom stereocenters. The van der Waals surface area contributed by atoms with Crippen LogP contribution in [0.5, 0.6) is 0 Å². The van der Waals surface area contributed by atoms with Crippen molar-refractivity contribution in [3.05, 3.63) is 17.5 Å². The van der Waals surface area contributed by atoms with Crippen LogP contribution >= 0.6 is 0 Å². The Morgan fingerprint density at radius 3 is 2.85 bits per heavy atom. The van der Waals surface area contributed by atoms with Crippen LogP contribution in [0.4, 0.5) is 0 Å². The zero-order valence-corrected chi connectivity index (χ0v) is 12.8. The molecule has 2 atom stereocenters. The van der Waals surface area contributed by atoms with Gasteiger partial charge in [0.2, 0.25) is 0 Å². The lowest BCUT2D eigenvalue weighted by Crippen LogP contribution is -2.49. The molecule has 5 nitrogen and oxygen atoms in total. The Balaban J connectivity index is 2.19. The van der Waals surface area contributed by atoms with Gasteiger partial charge >= 0.3 is 0 Å². The highest BCUT2D eigenvalue weighted by atomic mass is 16.2. The number of nitrogens with zero attached hydrogens (tertiary/aromatic N) is 3. The predicted octanol–water partition coefficient (Wildman–Crippen LogP) is 1.57. The minimum absolute atomic E-state index is 0.0972. The van der Waals surface area contributed by atoms with Gasteiger partial charge in [0.1, 0.15) is 0 Å². The maximum atomic E-state index is 12.8. The van der Waals surface area contributed by atoms with Crippen molar-refractivity contribution in [3.8, 4) is 0 Å². The van der Waals surface area contributed by atoms with Crippen LogP contribution in [0.2, 0.25) is 0 Å². The molecule has 0 saturated carbocycles. The highest BCUT2D eigenvalue weighted by Crippen LogP contribution is 2.26. The molecule has 2 N–H and O–H groups in total. The van der Waals surface area contributed by atoms with Gasteiger partial charge in [0, 0.05) is 32.4 Å². The van der Waals surface area contributed by atoms with Gasteiger partial charge in [0.05, 0.1) is 11.3 Å². The molecular weight excluding hydrogens is 252 g/mol. The van der Waals surface area contributed by atoms with Crippen molar-refractivity contribution in [1.29, 1.82) is 0 Å². The quantitative estimate of drug-likeness (QED) is 0.909. The van der Waals surface area contributed by atoms with Crippen LogP contribution < -0.4 is 5.73 Å². The molecule has 20 heavy (non-hydrogen) atoms. The van der Waals surface area contributed by atoms with E-state index in [4.69, 9.17) is 5.73 Å². The second kappa shape index (κ2) is 6.39. The lowest BCUT2D eigenvalue weighted by atomic mass is 9.88. The highest BCUT2D eigenvalue weighted by molar-refractivity contribution is 5.95. The van der Waals surface area contributed by atoms with Crippen molar-refractivity contribution in [2.24, 2.45) is 18.7 Å². The summed E-state index contributed by atoms with van der Waals surface area (Å²) in [6.07, 6.45) is 5.90. The summed E-state index contributed by atoms with van der Waals surface area (Å²) in [6.45, 7) is 5.61. The number of hydrogen-bond acceptors (Lipinski definition) is 3. The molecule has 5 heteroatoms. The number of carbonyl (C=O) groups excluding carboxylic acids is 1. The van der Waals surface area contributed by atoms with Gasteiger partial charge < -0.3 is 10.6 Å². The number of nitrogens with two attached hydrogens (primary N) is 1. The first-order valence-corrected chi connectivity index (χ1v) is 7.64. The number of aryl methyl sites for hydroxylation is 2. The largest absolute Gasteiger partial charge is 0.334 e. The number of amides is 1. The fraction of sp³-hybridized carbons (Fsp3) is 0.733. The van der Waals surface area contributed by atoms with Crippen molar-refractivity contribution in [2.45, 2.75) is 45.6 Å².